The van der Waals surface area contributed by atoms with Crippen LogP contribution in [-0.2, 0) is 4.74 Å². The monoisotopic (exact) mass is 207 g/mol. The molecule has 0 fully saturated rings. The Kier molecular flexibility index (Phi) is 3.95. The van der Waals surface area contributed by atoms with Crippen molar-refractivity contribution in [3.05, 3.63) is 23.8 Å². The van der Waals surface area contributed by atoms with Gasteiger partial charge in [-0.2, -0.15) is 5.26 Å². The molecule has 1 atom stereocenters. The molecule has 0 bridgehead atoms. The van der Waals surface area contributed by atoms with E-state index < -0.39 is 6.10 Å². The normalized spacial score (nSPS) is 11.6. The van der Waals surface area contributed by atoms with Gasteiger partial charge in [0.15, 0.2) is 6.10 Å². The Bertz CT molecular complexity index is 348. The minimum atomic E-state index is -0.603. The van der Waals surface area contributed by atoms with E-state index in [1.165, 1.54) is 7.11 Å². The average molecular weight is 207 g/mol. The van der Waals surface area contributed by atoms with Crippen molar-refractivity contribution in [2.24, 2.45) is 0 Å². The van der Waals surface area contributed by atoms with E-state index >= 15 is 0 Å². The van der Waals surface area contributed by atoms with Gasteiger partial charge in [0.05, 0.1) is 20.3 Å². The summed E-state index contributed by atoms with van der Waals surface area (Å²) >= 11 is 0. The lowest BCUT2D eigenvalue weighted by atomic mass is 10.1. The van der Waals surface area contributed by atoms with Crippen LogP contribution in [0.15, 0.2) is 18.2 Å². The lowest BCUT2D eigenvalue weighted by Crippen LogP contribution is -1.99. The van der Waals surface area contributed by atoms with Crippen LogP contribution in [0.3, 0.4) is 0 Å². The molecule has 4 nitrogen and oxygen atoms in total. The molecule has 0 N–H and O–H groups in total. The van der Waals surface area contributed by atoms with Crippen molar-refractivity contribution in [3.63, 3.8) is 0 Å². The van der Waals surface area contributed by atoms with Crippen LogP contribution in [-0.4, -0.2) is 21.3 Å². The minimum absolute atomic E-state index is 0.603. The van der Waals surface area contributed by atoms with Crippen LogP contribution >= 0.6 is 0 Å². The summed E-state index contributed by atoms with van der Waals surface area (Å²) in [6.07, 6.45) is -0.603. The Morgan fingerprint density at radius 3 is 1.93 bits per heavy atom. The van der Waals surface area contributed by atoms with Gasteiger partial charge in [0.1, 0.15) is 11.5 Å². The molecule has 0 aliphatic heterocycles. The Morgan fingerprint density at radius 1 is 1.07 bits per heavy atom. The van der Waals surface area contributed by atoms with Crippen molar-refractivity contribution < 1.29 is 14.2 Å². The zero-order valence-corrected chi connectivity index (χ0v) is 8.98. The number of hydrogen-bond donors (Lipinski definition) is 0. The van der Waals surface area contributed by atoms with Crippen molar-refractivity contribution in [3.8, 4) is 17.6 Å². The Labute approximate surface area is 89.0 Å². The second kappa shape index (κ2) is 5.23. The van der Waals surface area contributed by atoms with E-state index in [1.54, 1.807) is 32.4 Å². The Hall–Kier alpha value is -1.73. The summed E-state index contributed by atoms with van der Waals surface area (Å²) in [4.78, 5) is 0. The van der Waals surface area contributed by atoms with Gasteiger partial charge in [0, 0.05) is 18.7 Å². The molecule has 4 heteroatoms. The van der Waals surface area contributed by atoms with E-state index in [4.69, 9.17) is 19.5 Å². The van der Waals surface area contributed by atoms with Crippen molar-refractivity contribution in [2.45, 2.75) is 6.10 Å². The first kappa shape index (κ1) is 11.3. The highest BCUT2D eigenvalue weighted by molar-refractivity contribution is 5.40. The molecule has 0 heterocycles. The molecular formula is C11H13NO3. The third-order valence-electron chi connectivity index (χ3n) is 2.03. The van der Waals surface area contributed by atoms with Gasteiger partial charge >= 0.3 is 0 Å². The molecule has 0 saturated heterocycles. The number of ether oxygens (including phenoxy) is 3. The van der Waals surface area contributed by atoms with E-state index in [-0.39, 0.29) is 0 Å². The van der Waals surface area contributed by atoms with Gasteiger partial charge in [0.2, 0.25) is 0 Å². The number of benzene rings is 1. The predicted octanol–water partition coefficient (Wildman–Crippen LogP) is 1.91. The van der Waals surface area contributed by atoms with Crippen molar-refractivity contribution in [1.29, 1.82) is 5.26 Å². The van der Waals surface area contributed by atoms with Gasteiger partial charge < -0.3 is 14.2 Å². The number of nitriles is 1. The number of nitrogens with zero attached hydrogens (tertiary/aromatic N) is 1. The highest BCUT2D eigenvalue weighted by Gasteiger charge is 2.11. The van der Waals surface area contributed by atoms with Crippen LogP contribution in [0.5, 0.6) is 11.5 Å². The quantitative estimate of drug-likeness (QED) is 0.756. The molecule has 80 valence electrons. The topological polar surface area (TPSA) is 51.5 Å². The largest absolute Gasteiger partial charge is 0.497 e. The molecule has 15 heavy (non-hydrogen) atoms. The second-order valence-electron chi connectivity index (χ2n) is 2.89. The van der Waals surface area contributed by atoms with Gasteiger partial charge in [-0.1, -0.05) is 0 Å². The maximum Gasteiger partial charge on any atom is 0.168 e. The molecule has 0 radical (unpaired) electrons. The molecule has 0 aliphatic carbocycles. The summed E-state index contributed by atoms with van der Waals surface area (Å²) in [6, 6.07) is 7.28. The summed E-state index contributed by atoms with van der Waals surface area (Å²) in [7, 11) is 4.61. The summed E-state index contributed by atoms with van der Waals surface area (Å²) in [5, 5.41) is 8.85. The van der Waals surface area contributed by atoms with E-state index in [9.17, 15) is 0 Å². The van der Waals surface area contributed by atoms with Crippen LogP contribution in [0.25, 0.3) is 0 Å². The van der Waals surface area contributed by atoms with E-state index in [2.05, 4.69) is 0 Å². The zero-order valence-electron chi connectivity index (χ0n) is 8.98. The highest BCUT2D eigenvalue weighted by atomic mass is 16.5. The Morgan fingerprint density at radius 2 is 1.60 bits per heavy atom. The van der Waals surface area contributed by atoms with E-state index in [1.807, 2.05) is 6.07 Å². The van der Waals surface area contributed by atoms with Gasteiger partial charge in [-0.05, 0) is 12.1 Å². The maximum atomic E-state index is 8.85. The number of hydrogen-bond acceptors (Lipinski definition) is 4. The van der Waals surface area contributed by atoms with E-state index in [0.29, 0.717) is 11.5 Å². The third-order valence-corrected chi connectivity index (χ3v) is 2.03. The SMILES string of the molecule is COc1cc(OC)cc(C(C#N)OC)c1. The lowest BCUT2D eigenvalue weighted by Gasteiger charge is -2.11. The van der Waals surface area contributed by atoms with Crippen LogP contribution in [0, 0.1) is 11.3 Å². The summed E-state index contributed by atoms with van der Waals surface area (Å²) in [5.41, 5.74) is 0.719. The molecular weight excluding hydrogens is 194 g/mol. The third kappa shape index (κ3) is 2.61. The average Bonchev–Trinajstić information content (AvgIpc) is 2.30. The van der Waals surface area contributed by atoms with Crippen LogP contribution in [0.2, 0.25) is 0 Å². The second-order valence-corrected chi connectivity index (χ2v) is 2.89. The van der Waals surface area contributed by atoms with Crippen LogP contribution in [0.4, 0.5) is 0 Å². The number of rotatable bonds is 4. The molecule has 1 unspecified atom stereocenters. The molecule has 0 saturated carbocycles. The molecule has 0 aromatic heterocycles. The first-order valence-electron chi connectivity index (χ1n) is 4.40. The summed E-state index contributed by atoms with van der Waals surface area (Å²) in [6.45, 7) is 0. The van der Waals surface area contributed by atoms with Crippen molar-refractivity contribution in [1.82, 2.24) is 0 Å². The summed E-state index contributed by atoms with van der Waals surface area (Å²) < 4.78 is 15.2. The van der Waals surface area contributed by atoms with Crippen LogP contribution < -0.4 is 9.47 Å². The standard InChI is InChI=1S/C11H13NO3/c1-13-9-4-8(11(7-12)15-3)5-10(6-9)14-2/h4-6,11H,1-3H3. The van der Waals surface area contributed by atoms with Crippen molar-refractivity contribution >= 4 is 0 Å². The maximum absolute atomic E-state index is 8.85. The number of methoxy groups -OCH3 is 3. The fraction of sp³-hybridized carbons (Fsp3) is 0.364. The molecule has 0 amide bonds. The lowest BCUT2D eigenvalue weighted by molar-refractivity contribution is 0.148. The smallest absolute Gasteiger partial charge is 0.168 e. The first-order chi connectivity index (χ1) is 7.24. The van der Waals surface area contributed by atoms with Gasteiger partial charge in [-0.3, -0.25) is 0 Å². The fourth-order valence-electron chi connectivity index (χ4n) is 1.24. The van der Waals surface area contributed by atoms with Gasteiger partial charge in [-0.15, -0.1) is 0 Å². The van der Waals surface area contributed by atoms with Gasteiger partial charge in [0.25, 0.3) is 0 Å². The first-order valence-corrected chi connectivity index (χ1v) is 4.40. The fourth-order valence-corrected chi connectivity index (χ4v) is 1.24. The van der Waals surface area contributed by atoms with Crippen molar-refractivity contribution in [2.75, 3.05) is 21.3 Å². The van der Waals surface area contributed by atoms with Crippen LogP contribution in [0.1, 0.15) is 11.7 Å². The molecule has 1 aromatic rings. The molecule has 0 spiro atoms. The zero-order chi connectivity index (χ0) is 11.3. The Balaban J connectivity index is 3.12. The van der Waals surface area contributed by atoms with E-state index in [0.717, 1.165) is 5.56 Å². The molecule has 1 aromatic carbocycles. The highest BCUT2D eigenvalue weighted by Crippen LogP contribution is 2.27. The summed E-state index contributed by atoms with van der Waals surface area (Å²) in [5.74, 6) is 1.28. The predicted molar refractivity (Wildman–Crippen MR) is 54.9 cm³/mol. The minimum Gasteiger partial charge on any atom is -0.497 e. The molecule has 1 rings (SSSR count). The molecule has 0 aliphatic rings. The van der Waals surface area contributed by atoms with Gasteiger partial charge in [-0.25, -0.2) is 0 Å².